The summed E-state index contributed by atoms with van der Waals surface area (Å²) in [7, 11) is 0. The average molecular weight is 187 g/mol. The topological polar surface area (TPSA) is 47.6 Å². The van der Waals surface area contributed by atoms with Crippen LogP contribution in [0.15, 0.2) is 0 Å². The van der Waals surface area contributed by atoms with Gasteiger partial charge in [0.2, 0.25) is 0 Å². The highest BCUT2D eigenvalue weighted by Gasteiger charge is 2.17. The van der Waals surface area contributed by atoms with E-state index in [9.17, 15) is 4.79 Å². The van der Waals surface area contributed by atoms with Gasteiger partial charge in [-0.3, -0.25) is 4.79 Å². The van der Waals surface area contributed by atoms with E-state index in [4.69, 9.17) is 9.47 Å². The van der Waals surface area contributed by atoms with Gasteiger partial charge in [0.05, 0.1) is 19.8 Å². The van der Waals surface area contributed by atoms with Crippen LogP contribution in [0.3, 0.4) is 0 Å². The molecule has 4 nitrogen and oxygen atoms in total. The van der Waals surface area contributed by atoms with E-state index in [1.54, 1.807) is 0 Å². The van der Waals surface area contributed by atoms with Gasteiger partial charge in [-0.15, -0.1) is 0 Å². The third kappa shape index (κ3) is 4.24. The lowest BCUT2D eigenvalue weighted by Gasteiger charge is -2.08. The van der Waals surface area contributed by atoms with Crippen molar-refractivity contribution in [2.45, 2.75) is 13.3 Å². The molecular weight excluding hydrogens is 170 g/mol. The number of hydrogen-bond donors (Lipinski definition) is 1. The molecule has 0 spiro atoms. The molecule has 1 rings (SSSR count). The highest BCUT2D eigenvalue weighted by molar-refractivity contribution is 5.71. The summed E-state index contributed by atoms with van der Waals surface area (Å²) in [5, 5.41) is 2.92. The van der Waals surface area contributed by atoms with Crippen molar-refractivity contribution in [3.63, 3.8) is 0 Å². The highest BCUT2D eigenvalue weighted by Crippen LogP contribution is 2.11. The Morgan fingerprint density at radius 3 is 3.15 bits per heavy atom. The van der Waals surface area contributed by atoms with Crippen molar-refractivity contribution < 1.29 is 14.3 Å². The largest absolute Gasteiger partial charge is 0.464 e. The van der Waals surface area contributed by atoms with Crippen LogP contribution >= 0.6 is 0 Å². The van der Waals surface area contributed by atoms with E-state index < -0.39 is 0 Å². The maximum absolute atomic E-state index is 11.0. The first-order chi connectivity index (χ1) is 6.33. The Balaban J connectivity index is 2.00. The fourth-order valence-corrected chi connectivity index (χ4v) is 1.20. The van der Waals surface area contributed by atoms with Crippen molar-refractivity contribution >= 4 is 5.97 Å². The Labute approximate surface area is 78.6 Å². The van der Waals surface area contributed by atoms with Gasteiger partial charge in [-0.1, -0.05) is 6.92 Å². The van der Waals surface area contributed by atoms with Crippen molar-refractivity contribution in [3.8, 4) is 0 Å². The number of likely N-dealkylation sites (N-methyl/N-ethyl adjacent to an activating group) is 1. The fraction of sp³-hybridized carbons (Fsp3) is 0.889. The van der Waals surface area contributed by atoms with Gasteiger partial charge >= 0.3 is 5.97 Å². The number of nitrogens with one attached hydrogen (secondary N) is 1. The predicted octanol–water partition coefficient (Wildman–Crippen LogP) is 0.176. The first kappa shape index (κ1) is 10.5. The molecule has 1 atom stereocenters. The summed E-state index contributed by atoms with van der Waals surface area (Å²) in [5.41, 5.74) is 0. The van der Waals surface area contributed by atoms with Crippen molar-refractivity contribution in [1.82, 2.24) is 5.32 Å². The van der Waals surface area contributed by atoms with Crippen LogP contribution < -0.4 is 5.32 Å². The molecule has 0 aromatic heterocycles. The smallest absolute Gasteiger partial charge is 0.319 e. The summed E-state index contributed by atoms with van der Waals surface area (Å²) < 4.78 is 10.2. The summed E-state index contributed by atoms with van der Waals surface area (Å²) in [4.78, 5) is 11.0. The van der Waals surface area contributed by atoms with Crippen LogP contribution in [0.4, 0.5) is 0 Å². The molecule has 1 heterocycles. The lowest BCUT2D eigenvalue weighted by molar-refractivity contribution is -0.143. The van der Waals surface area contributed by atoms with Gasteiger partial charge in [-0.2, -0.15) is 0 Å². The minimum atomic E-state index is -0.172. The molecule has 13 heavy (non-hydrogen) atoms. The van der Waals surface area contributed by atoms with Gasteiger partial charge in [0.15, 0.2) is 0 Å². The molecule has 1 aliphatic heterocycles. The second kappa shape index (κ2) is 5.94. The first-order valence-corrected chi connectivity index (χ1v) is 4.77. The zero-order chi connectivity index (χ0) is 9.52. The quantitative estimate of drug-likeness (QED) is 0.623. The van der Waals surface area contributed by atoms with Gasteiger partial charge in [0.1, 0.15) is 0 Å². The second-order valence-electron chi connectivity index (χ2n) is 3.19. The van der Waals surface area contributed by atoms with Crippen molar-refractivity contribution in [2.24, 2.45) is 5.92 Å². The molecule has 0 radical (unpaired) electrons. The number of ether oxygens (including phenoxy) is 2. The first-order valence-electron chi connectivity index (χ1n) is 4.77. The number of rotatable bonds is 5. The molecule has 4 heteroatoms. The van der Waals surface area contributed by atoms with Gasteiger partial charge < -0.3 is 14.8 Å². The van der Waals surface area contributed by atoms with E-state index in [-0.39, 0.29) is 5.97 Å². The molecule has 0 saturated carbocycles. The lowest BCUT2D eigenvalue weighted by atomic mass is 10.1. The van der Waals surface area contributed by atoms with E-state index in [0.29, 0.717) is 19.1 Å². The van der Waals surface area contributed by atoms with E-state index in [1.807, 2.05) is 6.92 Å². The Hall–Kier alpha value is -0.610. The second-order valence-corrected chi connectivity index (χ2v) is 3.19. The number of carbonyl (C=O) groups is 1. The summed E-state index contributed by atoms with van der Waals surface area (Å²) in [6.07, 6.45) is 1.01. The minimum Gasteiger partial charge on any atom is -0.464 e. The van der Waals surface area contributed by atoms with Crippen LogP contribution in [0, 0.1) is 5.92 Å². The average Bonchev–Trinajstić information content (AvgIpc) is 2.64. The summed E-state index contributed by atoms with van der Waals surface area (Å²) in [5.74, 6) is 0.235. The van der Waals surface area contributed by atoms with Crippen molar-refractivity contribution in [2.75, 3.05) is 32.9 Å². The zero-order valence-corrected chi connectivity index (χ0v) is 8.04. The van der Waals surface area contributed by atoms with E-state index >= 15 is 0 Å². The monoisotopic (exact) mass is 187 g/mol. The molecule has 76 valence electrons. The van der Waals surface area contributed by atoms with E-state index in [0.717, 1.165) is 26.2 Å². The summed E-state index contributed by atoms with van der Waals surface area (Å²) >= 11 is 0. The third-order valence-corrected chi connectivity index (χ3v) is 2.02. The maximum atomic E-state index is 11.0. The minimum absolute atomic E-state index is 0.172. The number of hydrogen-bond acceptors (Lipinski definition) is 4. The molecule has 0 bridgehead atoms. The van der Waals surface area contributed by atoms with Gasteiger partial charge in [0.25, 0.3) is 0 Å². The van der Waals surface area contributed by atoms with Crippen molar-refractivity contribution in [3.05, 3.63) is 0 Å². The summed E-state index contributed by atoms with van der Waals surface area (Å²) in [6, 6.07) is 0. The normalized spacial score (nSPS) is 21.8. The molecule has 0 aromatic rings. The summed E-state index contributed by atoms with van der Waals surface area (Å²) in [6.45, 7) is 5.10. The Morgan fingerprint density at radius 2 is 2.54 bits per heavy atom. The van der Waals surface area contributed by atoms with E-state index in [2.05, 4.69) is 5.32 Å². The molecule has 0 aromatic carbocycles. The molecule has 1 aliphatic rings. The molecule has 1 unspecified atom stereocenters. The fourth-order valence-electron chi connectivity index (χ4n) is 1.20. The van der Waals surface area contributed by atoms with Gasteiger partial charge in [-0.05, 0) is 13.0 Å². The Bertz CT molecular complexity index is 155. The van der Waals surface area contributed by atoms with Gasteiger partial charge in [-0.25, -0.2) is 0 Å². The molecular formula is C9H17NO3. The highest BCUT2D eigenvalue weighted by atomic mass is 16.5. The van der Waals surface area contributed by atoms with Crippen LogP contribution in [0.5, 0.6) is 0 Å². The zero-order valence-electron chi connectivity index (χ0n) is 8.04. The predicted molar refractivity (Wildman–Crippen MR) is 48.4 cm³/mol. The van der Waals surface area contributed by atoms with Crippen LogP contribution in [-0.4, -0.2) is 38.9 Å². The number of carbonyl (C=O) groups excluding carboxylic acids is 1. The standard InChI is InChI=1S/C9H17NO3/c1-2-10-5-9(11)13-7-8-3-4-12-6-8/h8,10H,2-7H2,1H3. The van der Waals surface area contributed by atoms with Crippen LogP contribution in [0.2, 0.25) is 0 Å². The molecule has 1 N–H and O–H groups in total. The number of esters is 1. The van der Waals surface area contributed by atoms with Crippen LogP contribution in [-0.2, 0) is 14.3 Å². The maximum Gasteiger partial charge on any atom is 0.319 e. The van der Waals surface area contributed by atoms with E-state index in [1.165, 1.54) is 0 Å². The lowest BCUT2D eigenvalue weighted by Crippen LogP contribution is -2.26. The van der Waals surface area contributed by atoms with Crippen molar-refractivity contribution in [1.29, 1.82) is 0 Å². The van der Waals surface area contributed by atoms with Gasteiger partial charge in [0, 0.05) is 12.5 Å². The van der Waals surface area contributed by atoms with Crippen LogP contribution in [0.25, 0.3) is 0 Å². The Kier molecular flexibility index (Phi) is 4.78. The molecule has 0 aliphatic carbocycles. The SMILES string of the molecule is CCNCC(=O)OCC1CCOC1. The van der Waals surface area contributed by atoms with Crippen LogP contribution in [0.1, 0.15) is 13.3 Å². The molecule has 1 fully saturated rings. The Morgan fingerprint density at radius 1 is 1.69 bits per heavy atom. The molecule has 1 saturated heterocycles. The third-order valence-electron chi connectivity index (χ3n) is 2.02. The molecule has 0 amide bonds.